The third-order valence-electron chi connectivity index (χ3n) is 4.12. The molecule has 3 rings (SSSR count). The molecule has 1 unspecified atom stereocenters. The fourth-order valence-corrected chi connectivity index (χ4v) is 2.83. The van der Waals surface area contributed by atoms with Crippen LogP contribution in [-0.4, -0.2) is 24.3 Å². The molecule has 108 valence electrons. The molecule has 2 aromatic rings. The number of aryl methyl sites for hydroxylation is 2. The Kier molecular flexibility index (Phi) is 3.09. The summed E-state index contributed by atoms with van der Waals surface area (Å²) in [6.45, 7) is 4.10. The molecule has 1 atom stereocenters. The first-order chi connectivity index (χ1) is 10.0. The van der Waals surface area contributed by atoms with Crippen molar-refractivity contribution in [3.63, 3.8) is 0 Å². The van der Waals surface area contributed by atoms with Crippen LogP contribution in [0.2, 0.25) is 0 Å². The molecule has 0 bridgehead atoms. The Bertz CT molecular complexity index is 712. The fourth-order valence-electron chi connectivity index (χ4n) is 2.83. The summed E-state index contributed by atoms with van der Waals surface area (Å²) in [4.78, 5) is 15.4. The van der Waals surface area contributed by atoms with E-state index in [1.54, 1.807) is 4.90 Å². The van der Waals surface area contributed by atoms with Crippen molar-refractivity contribution in [2.45, 2.75) is 20.0 Å². The zero-order valence-corrected chi connectivity index (χ0v) is 12.4. The van der Waals surface area contributed by atoms with E-state index in [1.807, 2.05) is 61.3 Å². The Balaban J connectivity index is 2.17. The Morgan fingerprint density at radius 1 is 1.05 bits per heavy atom. The lowest BCUT2D eigenvalue weighted by atomic mass is 10.1. The molecule has 1 N–H and O–H groups in total. The first kappa shape index (κ1) is 13.5. The molecular formula is C17H18N2O2. The summed E-state index contributed by atoms with van der Waals surface area (Å²) in [5.41, 5.74) is 5.12. The van der Waals surface area contributed by atoms with Gasteiger partial charge >= 0.3 is 5.97 Å². The van der Waals surface area contributed by atoms with Crippen molar-refractivity contribution in [1.82, 2.24) is 0 Å². The normalized spacial score (nSPS) is 17.0. The van der Waals surface area contributed by atoms with Crippen molar-refractivity contribution in [2.75, 3.05) is 16.8 Å². The molecule has 0 spiro atoms. The number of hydrogen-bond donors (Lipinski definition) is 1. The van der Waals surface area contributed by atoms with Crippen molar-refractivity contribution >= 4 is 23.0 Å². The molecular weight excluding hydrogens is 264 g/mol. The van der Waals surface area contributed by atoms with Gasteiger partial charge in [0.1, 0.15) is 0 Å². The highest BCUT2D eigenvalue weighted by Gasteiger charge is 2.39. The number of fused-ring (bicyclic) bond motifs is 1. The quantitative estimate of drug-likeness (QED) is 0.918. The van der Waals surface area contributed by atoms with Gasteiger partial charge in [0.2, 0.25) is 6.17 Å². The van der Waals surface area contributed by atoms with Crippen molar-refractivity contribution < 1.29 is 9.90 Å². The number of rotatable bonds is 2. The highest BCUT2D eigenvalue weighted by atomic mass is 16.4. The summed E-state index contributed by atoms with van der Waals surface area (Å²) < 4.78 is 0. The lowest BCUT2D eigenvalue weighted by Crippen LogP contribution is -2.45. The van der Waals surface area contributed by atoms with Crippen LogP contribution in [0.1, 0.15) is 11.1 Å². The first-order valence-electron chi connectivity index (χ1n) is 6.92. The number of benzene rings is 2. The number of carboxylic acids is 1. The average Bonchev–Trinajstić information content (AvgIpc) is 2.76. The second-order valence-corrected chi connectivity index (χ2v) is 5.45. The average molecular weight is 282 g/mol. The molecule has 1 aliphatic rings. The Labute approximate surface area is 124 Å². The number of likely N-dealkylation sites (N-methyl/N-ethyl adjacent to an activating group) is 1. The van der Waals surface area contributed by atoms with E-state index in [9.17, 15) is 9.90 Å². The largest absolute Gasteiger partial charge is 0.478 e. The van der Waals surface area contributed by atoms with Crippen LogP contribution in [0.25, 0.3) is 0 Å². The number of aliphatic carboxylic acids is 1. The second-order valence-electron chi connectivity index (χ2n) is 5.45. The first-order valence-corrected chi connectivity index (χ1v) is 6.92. The van der Waals surface area contributed by atoms with E-state index in [0.29, 0.717) is 0 Å². The third-order valence-corrected chi connectivity index (χ3v) is 4.12. The molecule has 2 aromatic carbocycles. The van der Waals surface area contributed by atoms with Gasteiger partial charge in [-0.25, -0.2) is 4.79 Å². The van der Waals surface area contributed by atoms with Crippen molar-refractivity contribution in [2.24, 2.45) is 0 Å². The Hall–Kier alpha value is -2.49. The lowest BCUT2D eigenvalue weighted by Gasteiger charge is -2.27. The molecule has 4 heteroatoms. The number of para-hydroxylation sites is 2. The van der Waals surface area contributed by atoms with Crippen LogP contribution >= 0.6 is 0 Å². The molecule has 1 aliphatic heterocycles. The second kappa shape index (κ2) is 4.81. The molecule has 0 saturated heterocycles. The van der Waals surface area contributed by atoms with Crippen LogP contribution in [-0.2, 0) is 4.79 Å². The maximum Gasteiger partial charge on any atom is 0.347 e. The summed E-state index contributed by atoms with van der Waals surface area (Å²) in [5, 5.41) is 9.63. The minimum Gasteiger partial charge on any atom is -0.478 e. The number of anilines is 3. The highest BCUT2D eigenvalue weighted by molar-refractivity contribution is 5.94. The van der Waals surface area contributed by atoms with Crippen molar-refractivity contribution in [3.05, 3.63) is 53.6 Å². The van der Waals surface area contributed by atoms with Gasteiger partial charge < -0.3 is 14.9 Å². The van der Waals surface area contributed by atoms with E-state index in [-0.39, 0.29) is 0 Å². The number of hydrogen-bond acceptors (Lipinski definition) is 3. The lowest BCUT2D eigenvalue weighted by molar-refractivity contribution is -0.138. The molecule has 21 heavy (non-hydrogen) atoms. The Morgan fingerprint density at radius 3 is 2.33 bits per heavy atom. The van der Waals surface area contributed by atoms with Gasteiger partial charge in [0.15, 0.2) is 0 Å². The molecule has 4 nitrogen and oxygen atoms in total. The van der Waals surface area contributed by atoms with E-state index in [4.69, 9.17) is 0 Å². The van der Waals surface area contributed by atoms with Gasteiger partial charge in [0.05, 0.1) is 11.4 Å². The van der Waals surface area contributed by atoms with Gasteiger partial charge in [-0.2, -0.15) is 0 Å². The molecule has 1 heterocycles. The summed E-state index contributed by atoms with van der Waals surface area (Å²) >= 11 is 0. The molecule has 0 saturated carbocycles. The van der Waals surface area contributed by atoms with Crippen LogP contribution in [0.15, 0.2) is 42.5 Å². The summed E-state index contributed by atoms with van der Waals surface area (Å²) in [7, 11) is 1.82. The maximum absolute atomic E-state index is 11.7. The summed E-state index contributed by atoms with van der Waals surface area (Å²) in [6.07, 6.45) is -0.718. The topological polar surface area (TPSA) is 43.8 Å². The fraction of sp³-hybridized carbons (Fsp3) is 0.235. The van der Waals surface area contributed by atoms with Gasteiger partial charge in [-0.1, -0.05) is 18.2 Å². The summed E-state index contributed by atoms with van der Waals surface area (Å²) in [6, 6.07) is 13.8. The molecule has 0 aliphatic carbocycles. The molecule has 0 radical (unpaired) electrons. The van der Waals surface area contributed by atoms with E-state index >= 15 is 0 Å². The highest BCUT2D eigenvalue weighted by Crippen LogP contribution is 2.43. The predicted octanol–water partition coefficient (Wildman–Crippen LogP) is 3.30. The predicted molar refractivity (Wildman–Crippen MR) is 84.3 cm³/mol. The van der Waals surface area contributed by atoms with E-state index < -0.39 is 12.1 Å². The van der Waals surface area contributed by atoms with Crippen molar-refractivity contribution in [1.29, 1.82) is 0 Å². The number of nitrogens with zero attached hydrogens (tertiary/aromatic N) is 2. The van der Waals surface area contributed by atoms with Crippen molar-refractivity contribution in [3.8, 4) is 0 Å². The zero-order chi connectivity index (χ0) is 15.1. The van der Waals surface area contributed by atoms with Gasteiger partial charge in [-0.3, -0.25) is 0 Å². The van der Waals surface area contributed by atoms with Gasteiger partial charge in [0, 0.05) is 12.7 Å². The third kappa shape index (κ3) is 2.03. The van der Waals surface area contributed by atoms with Crippen LogP contribution < -0.4 is 9.80 Å². The molecule has 0 aromatic heterocycles. The van der Waals surface area contributed by atoms with Crippen LogP contribution in [0.5, 0.6) is 0 Å². The van der Waals surface area contributed by atoms with Crippen LogP contribution in [0.3, 0.4) is 0 Å². The summed E-state index contributed by atoms with van der Waals surface area (Å²) in [5.74, 6) is -0.855. The van der Waals surface area contributed by atoms with E-state index in [1.165, 1.54) is 5.56 Å². The van der Waals surface area contributed by atoms with E-state index in [0.717, 1.165) is 22.6 Å². The minimum absolute atomic E-state index is 0.718. The standard InChI is InChI=1S/C17H18N2O2/c1-11-8-9-13(10-12(11)2)19-15-7-5-4-6-14(15)18(3)16(19)17(20)21/h4-10,16H,1-3H3,(H,20,21). The number of carbonyl (C=O) groups is 1. The van der Waals surface area contributed by atoms with Gasteiger partial charge in [0.25, 0.3) is 0 Å². The van der Waals surface area contributed by atoms with E-state index in [2.05, 4.69) is 6.92 Å². The zero-order valence-electron chi connectivity index (χ0n) is 12.4. The van der Waals surface area contributed by atoms with Gasteiger partial charge in [-0.05, 0) is 49.2 Å². The molecule has 0 amide bonds. The minimum atomic E-state index is -0.855. The maximum atomic E-state index is 11.7. The van der Waals surface area contributed by atoms with Gasteiger partial charge in [-0.15, -0.1) is 0 Å². The van der Waals surface area contributed by atoms with Crippen LogP contribution in [0.4, 0.5) is 17.1 Å². The van der Waals surface area contributed by atoms with Crippen LogP contribution in [0, 0.1) is 13.8 Å². The SMILES string of the molecule is Cc1ccc(N2c3ccccc3N(C)C2C(=O)O)cc1C. The molecule has 0 fully saturated rings. The monoisotopic (exact) mass is 282 g/mol. The number of carboxylic acid groups (broad SMARTS) is 1. The Morgan fingerprint density at radius 2 is 1.71 bits per heavy atom. The smallest absolute Gasteiger partial charge is 0.347 e.